The fourth-order valence-corrected chi connectivity index (χ4v) is 1.72. The van der Waals surface area contributed by atoms with Crippen molar-refractivity contribution in [3.63, 3.8) is 0 Å². The van der Waals surface area contributed by atoms with Crippen LogP contribution < -0.4 is 10.9 Å². The number of nitrogens with zero attached hydrogens (tertiary/aromatic N) is 2. The average Bonchev–Trinajstić information content (AvgIpc) is 2.20. The third-order valence-electron chi connectivity index (χ3n) is 2.53. The van der Waals surface area contributed by atoms with Crippen LogP contribution in [-0.2, 0) is 6.54 Å². The van der Waals surface area contributed by atoms with Crippen molar-refractivity contribution in [1.82, 2.24) is 14.9 Å². The normalized spacial score (nSPS) is 12.8. The van der Waals surface area contributed by atoms with Gasteiger partial charge >= 0.3 is 0 Å². The summed E-state index contributed by atoms with van der Waals surface area (Å²) in [6.07, 6.45) is 1.10. The molecule has 0 saturated heterocycles. The Hall–Kier alpha value is -1.16. The molecule has 1 N–H and O–H groups in total. The number of hydrogen-bond acceptors (Lipinski definition) is 3. The Kier molecular flexibility index (Phi) is 4.68. The van der Waals surface area contributed by atoms with Gasteiger partial charge in [0.1, 0.15) is 5.82 Å². The van der Waals surface area contributed by atoms with Crippen LogP contribution in [0.15, 0.2) is 10.9 Å². The van der Waals surface area contributed by atoms with Gasteiger partial charge in [0.05, 0.1) is 0 Å². The quantitative estimate of drug-likeness (QED) is 0.817. The fraction of sp³-hybridized carbons (Fsp3) is 0.667. The number of rotatable bonds is 5. The summed E-state index contributed by atoms with van der Waals surface area (Å²) in [6.45, 7) is 9.59. The van der Waals surface area contributed by atoms with E-state index in [-0.39, 0.29) is 5.56 Å². The molecule has 0 spiro atoms. The Morgan fingerprint density at radius 2 is 2.19 bits per heavy atom. The summed E-state index contributed by atoms with van der Waals surface area (Å²) in [7, 11) is 0. The predicted molar refractivity (Wildman–Crippen MR) is 65.7 cm³/mol. The largest absolute Gasteiger partial charge is 0.312 e. The van der Waals surface area contributed by atoms with Crippen molar-refractivity contribution in [2.45, 2.75) is 46.7 Å². The molecular weight excluding hydrogens is 202 g/mol. The number of nitrogens with one attached hydrogen (secondary N) is 1. The summed E-state index contributed by atoms with van der Waals surface area (Å²) >= 11 is 0. The van der Waals surface area contributed by atoms with E-state index in [1.165, 1.54) is 0 Å². The molecule has 4 heteroatoms. The molecule has 4 nitrogen and oxygen atoms in total. The first-order valence-electron chi connectivity index (χ1n) is 5.83. The van der Waals surface area contributed by atoms with Crippen LogP contribution in [0.3, 0.4) is 0 Å². The lowest BCUT2D eigenvalue weighted by atomic mass is 10.3. The van der Waals surface area contributed by atoms with E-state index >= 15 is 0 Å². The summed E-state index contributed by atoms with van der Waals surface area (Å²) in [5.41, 5.74) is 0.822. The highest BCUT2D eigenvalue weighted by Crippen LogP contribution is 1.96. The van der Waals surface area contributed by atoms with Gasteiger partial charge in [-0.3, -0.25) is 9.36 Å². The van der Waals surface area contributed by atoms with Gasteiger partial charge in [-0.15, -0.1) is 0 Å². The minimum Gasteiger partial charge on any atom is -0.312 e. The second-order valence-corrected chi connectivity index (χ2v) is 4.25. The van der Waals surface area contributed by atoms with E-state index in [2.05, 4.69) is 24.1 Å². The molecule has 0 aliphatic carbocycles. The predicted octanol–water partition coefficient (Wildman–Crippen LogP) is 1.25. The molecule has 0 aromatic carbocycles. The van der Waals surface area contributed by atoms with E-state index in [4.69, 9.17) is 0 Å². The standard InChI is InChI=1S/C12H21N3O/c1-5-6-13-10(3)8-15-11(4)14-9(2)7-12(15)16/h7,10,13H,5-6,8H2,1-4H3. The van der Waals surface area contributed by atoms with Crippen molar-refractivity contribution >= 4 is 0 Å². The van der Waals surface area contributed by atoms with E-state index in [1.54, 1.807) is 10.6 Å². The molecular formula is C12H21N3O. The Morgan fingerprint density at radius 3 is 2.75 bits per heavy atom. The van der Waals surface area contributed by atoms with Crippen LogP contribution in [0.5, 0.6) is 0 Å². The molecule has 1 rings (SSSR count). The highest BCUT2D eigenvalue weighted by Gasteiger charge is 2.07. The fourth-order valence-electron chi connectivity index (χ4n) is 1.72. The number of aromatic nitrogens is 2. The summed E-state index contributed by atoms with van der Waals surface area (Å²) in [4.78, 5) is 16.1. The monoisotopic (exact) mass is 223 g/mol. The SMILES string of the molecule is CCCNC(C)Cn1c(C)nc(C)cc1=O. The Morgan fingerprint density at radius 1 is 1.50 bits per heavy atom. The molecule has 0 saturated carbocycles. The minimum atomic E-state index is 0.0372. The lowest BCUT2D eigenvalue weighted by molar-refractivity contribution is 0.459. The van der Waals surface area contributed by atoms with Gasteiger partial charge in [0.2, 0.25) is 0 Å². The molecule has 1 aromatic rings. The lowest BCUT2D eigenvalue weighted by Crippen LogP contribution is -2.36. The van der Waals surface area contributed by atoms with Crippen molar-refractivity contribution in [2.24, 2.45) is 0 Å². The molecule has 0 radical (unpaired) electrons. The maximum atomic E-state index is 11.8. The third kappa shape index (κ3) is 3.45. The van der Waals surface area contributed by atoms with Crippen molar-refractivity contribution in [3.05, 3.63) is 27.9 Å². The molecule has 1 unspecified atom stereocenters. The lowest BCUT2D eigenvalue weighted by Gasteiger charge is -2.16. The van der Waals surface area contributed by atoms with Crippen LogP contribution in [0.2, 0.25) is 0 Å². The van der Waals surface area contributed by atoms with Crippen molar-refractivity contribution < 1.29 is 0 Å². The molecule has 16 heavy (non-hydrogen) atoms. The summed E-state index contributed by atoms with van der Waals surface area (Å²) in [5, 5.41) is 3.36. The van der Waals surface area contributed by atoms with E-state index in [0.717, 1.165) is 24.5 Å². The zero-order valence-electron chi connectivity index (χ0n) is 10.6. The van der Waals surface area contributed by atoms with Gasteiger partial charge < -0.3 is 5.32 Å². The van der Waals surface area contributed by atoms with E-state index in [0.29, 0.717) is 12.6 Å². The van der Waals surface area contributed by atoms with Crippen molar-refractivity contribution in [2.75, 3.05) is 6.54 Å². The van der Waals surface area contributed by atoms with Crippen LogP contribution in [-0.4, -0.2) is 22.1 Å². The van der Waals surface area contributed by atoms with E-state index < -0.39 is 0 Å². The average molecular weight is 223 g/mol. The highest BCUT2D eigenvalue weighted by molar-refractivity contribution is 5.01. The van der Waals surface area contributed by atoms with Crippen molar-refractivity contribution in [1.29, 1.82) is 0 Å². The van der Waals surface area contributed by atoms with Gasteiger partial charge in [0.25, 0.3) is 5.56 Å². The first kappa shape index (κ1) is 12.9. The van der Waals surface area contributed by atoms with Crippen LogP contribution in [0.1, 0.15) is 31.8 Å². The zero-order valence-corrected chi connectivity index (χ0v) is 10.6. The van der Waals surface area contributed by atoms with Crippen molar-refractivity contribution in [3.8, 4) is 0 Å². The summed E-state index contributed by atoms with van der Waals surface area (Å²) in [5.74, 6) is 0.787. The number of aryl methyl sites for hydroxylation is 2. The highest BCUT2D eigenvalue weighted by atomic mass is 16.1. The van der Waals surface area contributed by atoms with E-state index in [9.17, 15) is 4.79 Å². The summed E-state index contributed by atoms with van der Waals surface area (Å²) < 4.78 is 1.72. The molecule has 0 amide bonds. The maximum Gasteiger partial charge on any atom is 0.253 e. The molecule has 0 aliphatic heterocycles. The van der Waals surface area contributed by atoms with Gasteiger partial charge in [0.15, 0.2) is 0 Å². The zero-order chi connectivity index (χ0) is 12.1. The Bertz CT molecular complexity index is 398. The molecule has 0 bridgehead atoms. The number of hydrogen-bond donors (Lipinski definition) is 1. The van der Waals surface area contributed by atoms with Gasteiger partial charge in [-0.25, -0.2) is 4.98 Å². The van der Waals surface area contributed by atoms with Crippen LogP contribution >= 0.6 is 0 Å². The smallest absolute Gasteiger partial charge is 0.253 e. The van der Waals surface area contributed by atoms with Gasteiger partial charge in [0, 0.05) is 24.3 Å². The Labute approximate surface area is 96.7 Å². The van der Waals surface area contributed by atoms with Crippen LogP contribution in [0, 0.1) is 13.8 Å². The van der Waals surface area contributed by atoms with Gasteiger partial charge in [-0.05, 0) is 33.7 Å². The Balaban J connectivity index is 2.77. The molecule has 0 fully saturated rings. The molecule has 1 heterocycles. The molecule has 90 valence electrons. The molecule has 1 atom stereocenters. The topological polar surface area (TPSA) is 46.9 Å². The second-order valence-electron chi connectivity index (χ2n) is 4.25. The van der Waals surface area contributed by atoms with E-state index in [1.807, 2.05) is 13.8 Å². The summed E-state index contributed by atoms with van der Waals surface area (Å²) in [6, 6.07) is 1.88. The van der Waals surface area contributed by atoms with Crippen LogP contribution in [0.25, 0.3) is 0 Å². The molecule has 1 aromatic heterocycles. The first-order valence-corrected chi connectivity index (χ1v) is 5.83. The van der Waals surface area contributed by atoms with Gasteiger partial charge in [-0.1, -0.05) is 6.92 Å². The molecule has 0 aliphatic rings. The second kappa shape index (κ2) is 5.80. The minimum absolute atomic E-state index is 0.0372. The van der Waals surface area contributed by atoms with Crippen LogP contribution in [0.4, 0.5) is 0 Å². The van der Waals surface area contributed by atoms with Gasteiger partial charge in [-0.2, -0.15) is 0 Å². The maximum absolute atomic E-state index is 11.8. The first-order chi connectivity index (χ1) is 7.54. The third-order valence-corrected chi connectivity index (χ3v) is 2.53.